The van der Waals surface area contributed by atoms with E-state index in [0.29, 0.717) is 5.56 Å². The fourth-order valence-corrected chi connectivity index (χ4v) is 3.93. The summed E-state index contributed by atoms with van der Waals surface area (Å²) in [5.41, 5.74) is 7.08. The van der Waals surface area contributed by atoms with Crippen molar-refractivity contribution in [2.75, 3.05) is 25.7 Å². The van der Waals surface area contributed by atoms with Gasteiger partial charge in [0.1, 0.15) is 11.5 Å². The van der Waals surface area contributed by atoms with E-state index in [-0.39, 0.29) is 46.9 Å². The Bertz CT molecular complexity index is 1320. The molecule has 190 valence electrons. The molecule has 1 heterocycles. The summed E-state index contributed by atoms with van der Waals surface area (Å²) in [7, 11) is 2.30. The van der Waals surface area contributed by atoms with Crippen LogP contribution in [0.15, 0.2) is 77.3 Å². The number of nitrogens with two attached hydrogens (primary N) is 1. The lowest BCUT2D eigenvalue weighted by Gasteiger charge is -2.35. The summed E-state index contributed by atoms with van der Waals surface area (Å²) in [6.45, 7) is -0.0537. The number of nitrogens with one attached hydrogen (secondary N) is 1. The SMILES string of the molecule is COC(=O)C1=C(C(=O)OC)N(c2ccc(C(=O)NCCC(=O)O)cc2)C(N)=C(C#N)C1c1ccccc1. The number of nitriles is 1. The monoisotopic (exact) mass is 504 g/mol. The van der Waals surface area contributed by atoms with Gasteiger partial charge in [-0.15, -0.1) is 0 Å². The predicted octanol–water partition coefficient (Wildman–Crippen LogP) is 1.79. The molecule has 0 fully saturated rings. The summed E-state index contributed by atoms with van der Waals surface area (Å²) in [6, 6.07) is 16.5. The minimum Gasteiger partial charge on any atom is -0.481 e. The number of aliphatic carboxylic acids is 1. The van der Waals surface area contributed by atoms with Crippen molar-refractivity contribution in [2.45, 2.75) is 12.3 Å². The van der Waals surface area contributed by atoms with Gasteiger partial charge in [-0.2, -0.15) is 5.26 Å². The first-order valence-electron chi connectivity index (χ1n) is 11.0. The summed E-state index contributed by atoms with van der Waals surface area (Å²) in [5, 5.41) is 21.3. The molecule has 0 radical (unpaired) electrons. The Morgan fingerprint density at radius 2 is 1.65 bits per heavy atom. The van der Waals surface area contributed by atoms with Crippen molar-refractivity contribution in [3.63, 3.8) is 0 Å². The van der Waals surface area contributed by atoms with Crippen LogP contribution in [0.1, 0.15) is 28.3 Å². The molecule has 1 unspecified atom stereocenters. The highest BCUT2D eigenvalue weighted by Gasteiger charge is 2.42. The van der Waals surface area contributed by atoms with Crippen LogP contribution in [-0.4, -0.2) is 49.7 Å². The maximum absolute atomic E-state index is 13.0. The number of methoxy groups -OCH3 is 2. The van der Waals surface area contributed by atoms with Gasteiger partial charge < -0.3 is 25.6 Å². The molecule has 11 heteroatoms. The highest BCUT2D eigenvalue weighted by Crippen LogP contribution is 2.43. The molecule has 0 saturated heterocycles. The van der Waals surface area contributed by atoms with Crippen molar-refractivity contribution in [3.8, 4) is 6.07 Å². The number of rotatable bonds is 8. The summed E-state index contributed by atoms with van der Waals surface area (Å²) in [6.07, 6.45) is -0.234. The summed E-state index contributed by atoms with van der Waals surface area (Å²) >= 11 is 0. The number of hydrogen-bond acceptors (Lipinski definition) is 9. The first kappa shape index (κ1) is 26.5. The third-order valence-electron chi connectivity index (χ3n) is 5.62. The van der Waals surface area contributed by atoms with Crippen LogP contribution in [0.5, 0.6) is 0 Å². The molecular formula is C26H24N4O7. The standard InChI is InChI=1S/C26H24N4O7/c1-36-25(34)21-20(15-6-4-3-5-7-15)18(14-27)23(28)30(22(21)26(35)37-2)17-10-8-16(9-11-17)24(33)29-13-12-19(31)32/h3-11,20H,12-13,28H2,1-2H3,(H,29,33)(H,31,32). The maximum Gasteiger partial charge on any atom is 0.355 e. The molecule has 0 aliphatic carbocycles. The van der Waals surface area contributed by atoms with Gasteiger partial charge in [-0.1, -0.05) is 30.3 Å². The Kier molecular flexibility index (Phi) is 8.27. The number of nitrogens with zero attached hydrogens (tertiary/aromatic N) is 2. The lowest BCUT2D eigenvalue weighted by Crippen LogP contribution is -2.40. The van der Waals surface area contributed by atoms with Gasteiger partial charge in [0.15, 0.2) is 0 Å². The molecule has 37 heavy (non-hydrogen) atoms. The lowest BCUT2D eigenvalue weighted by molar-refractivity contribution is -0.139. The normalized spacial score (nSPS) is 15.1. The third kappa shape index (κ3) is 5.43. The molecule has 1 aliphatic heterocycles. The zero-order valence-corrected chi connectivity index (χ0v) is 20.1. The topological polar surface area (TPSA) is 172 Å². The van der Waals surface area contributed by atoms with Crippen LogP contribution in [0.3, 0.4) is 0 Å². The number of hydrogen-bond donors (Lipinski definition) is 3. The summed E-state index contributed by atoms with van der Waals surface area (Å²) in [5.74, 6) is -4.40. The molecule has 1 atom stereocenters. The fraction of sp³-hybridized carbons (Fsp3) is 0.192. The number of carboxylic acids is 1. The van der Waals surface area contributed by atoms with Gasteiger partial charge in [-0.25, -0.2) is 9.59 Å². The number of esters is 2. The molecule has 0 saturated carbocycles. The average molecular weight is 504 g/mol. The Balaban J connectivity index is 2.16. The second-order valence-electron chi connectivity index (χ2n) is 7.78. The molecule has 11 nitrogen and oxygen atoms in total. The zero-order valence-electron chi connectivity index (χ0n) is 20.1. The zero-order chi connectivity index (χ0) is 27.1. The summed E-state index contributed by atoms with van der Waals surface area (Å²) < 4.78 is 9.96. The van der Waals surface area contributed by atoms with E-state index in [4.69, 9.17) is 20.3 Å². The Hall–Kier alpha value is -5.11. The molecule has 4 N–H and O–H groups in total. The van der Waals surface area contributed by atoms with Gasteiger partial charge in [-0.05, 0) is 29.8 Å². The fourth-order valence-electron chi connectivity index (χ4n) is 3.93. The minimum absolute atomic E-state index is 0.00902. The van der Waals surface area contributed by atoms with E-state index in [2.05, 4.69) is 11.4 Å². The van der Waals surface area contributed by atoms with Gasteiger partial charge in [0.05, 0.1) is 43.8 Å². The number of benzene rings is 2. The second-order valence-corrected chi connectivity index (χ2v) is 7.78. The van der Waals surface area contributed by atoms with E-state index < -0.39 is 29.7 Å². The van der Waals surface area contributed by atoms with Crippen molar-refractivity contribution in [1.82, 2.24) is 5.32 Å². The Morgan fingerprint density at radius 1 is 1.03 bits per heavy atom. The smallest absolute Gasteiger partial charge is 0.355 e. The number of carbonyl (C=O) groups excluding carboxylic acids is 3. The van der Waals surface area contributed by atoms with Gasteiger partial charge in [0, 0.05) is 17.8 Å². The van der Waals surface area contributed by atoms with Crippen LogP contribution in [0.4, 0.5) is 5.69 Å². The van der Waals surface area contributed by atoms with Gasteiger partial charge in [0.2, 0.25) is 0 Å². The van der Waals surface area contributed by atoms with E-state index >= 15 is 0 Å². The molecule has 2 aromatic carbocycles. The lowest BCUT2D eigenvalue weighted by atomic mass is 9.81. The number of amides is 1. The molecule has 0 spiro atoms. The van der Waals surface area contributed by atoms with Crippen molar-refractivity contribution in [1.29, 1.82) is 5.26 Å². The predicted molar refractivity (Wildman–Crippen MR) is 131 cm³/mol. The van der Waals surface area contributed by atoms with E-state index in [0.717, 1.165) is 14.2 Å². The van der Waals surface area contributed by atoms with E-state index in [1.807, 2.05) is 0 Å². The van der Waals surface area contributed by atoms with Crippen molar-refractivity contribution in [3.05, 3.63) is 88.4 Å². The van der Waals surface area contributed by atoms with Crippen molar-refractivity contribution >= 4 is 29.5 Å². The van der Waals surface area contributed by atoms with Crippen LogP contribution < -0.4 is 16.0 Å². The largest absolute Gasteiger partial charge is 0.481 e. The third-order valence-corrected chi connectivity index (χ3v) is 5.62. The number of anilines is 1. The number of allylic oxidation sites excluding steroid dienone is 1. The second kappa shape index (κ2) is 11.5. The van der Waals surface area contributed by atoms with Crippen LogP contribution in [0, 0.1) is 11.3 Å². The van der Waals surface area contributed by atoms with Gasteiger partial charge >= 0.3 is 17.9 Å². The average Bonchev–Trinajstić information content (AvgIpc) is 2.91. The molecule has 0 aromatic heterocycles. The van der Waals surface area contributed by atoms with E-state index in [1.54, 1.807) is 30.3 Å². The highest BCUT2D eigenvalue weighted by molar-refractivity contribution is 6.06. The maximum atomic E-state index is 13.0. The minimum atomic E-state index is -1.05. The molecule has 2 aromatic rings. The Morgan fingerprint density at radius 3 is 2.19 bits per heavy atom. The molecular weight excluding hydrogens is 480 g/mol. The quantitative estimate of drug-likeness (QED) is 0.450. The number of carboxylic acid groups (broad SMARTS) is 1. The van der Waals surface area contributed by atoms with Crippen LogP contribution in [-0.2, 0) is 23.9 Å². The van der Waals surface area contributed by atoms with Crippen molar-refractivity contribution in [2.24, 2.45) is 5.73 Å². The van der Waals surface area contributed by atoms with Crippen LogP contribution >= 0.6 is 0 Å². The van der Waals surface area contributed by atoms with Gasteiger partial charge in [0.25, 0.3) is 5.91 Å². The summed E-state index contributed by atoms with van der Waals surface area (Å²) in [4.78, 5) is 50.3. The molecule has 1 amide bonds. The van der Waals surface area contributed by atoms with Gasteiger partial charge in [-0.3, -0.25) is 14.5 Å². The Labute approximate surface area is 212 Å². The molecule has 0 bridgehead atoms. The van der Waals surface area contributed by atoms with Crippen LogP contribution in [0.25, 0.3) is 0 Å². The first-order valence-corrected chi connectivity index (χ1v) is 11.0. The first-order chi connectivity index (χ1) is 17.7. The highest BCUT2D eigenvalue weighted by atomic mass is 16.5. The molecule has 1 aliphatic rings. The number of carbonyl (C=O) groups is 4. The van der Waals surface area contributed by atoms with Crippen LogP contribution in [0.2, 0.25) is 0 Å². The van der Waals surface area contributed by atoms with Crippen molar-refractivity contribution < 1.29 is 33.8 Å². The molecule has 3 rings (SSSR count). The number of ether oxygens (including phenoxy) is 2. The van der Waals surface area contributed by atoms with E-state index in [1.165, 1.54) is 29.2 Å². The van der Waals surface area contributed by atoms with E-state index in [9.17, 15) is 24.4 Å².